The Morgan fingerprint density at radius 2 is 1.82 bits per heavy atom. The summed E-state index contributed by atoms with van der Waals surface area (Å²) in [5.74, 6) is -0.322. The standard InChI is InChI=1S/C13H20FNO2/c1-9(15-13(2,3)8-16)12(17)10-4-6-11(14)7-5-10/h4-7,9,12,15-17H,8H2,1-3H3. The zero-order valence-corrected chi connectivity index (χ0v) is 10.4. The Kier molecular flexibility index (Phi) is 4.62. The van der Waals surface area contributed by atoms with Gasteiger partial charge >= 0.3 is 0 Å². The Bertz CT molecular complexity index is 351. The highest BCUT2D eigenvalue weighted by Gasteiger charge is 2.24. The van der Waals surface area contributed by atoms with Gasteiger partial charge < -0.3 is 15.5 Å². The van der Waals surface area contributed by atoms with E-state index in [-0.39, 0.29) is 18.5 Å². The Hall–Kier alpha value is -0.970. The summed E-state index contributed by atoms with van der Waals surface area (Å²) in [5.41, 5.74) is 0.195. The lowest BCUT2D eigenvalue weighted by molar-refractivity contribution is 0.0990. The molecule has 0 amide bonds. The van der Waals surface area contributed by atoms with Crippen LogP contribution in [-0.2, 0) is 0 Å². The van der Waals surface area contributed by atoms with Crippen LogP contribution in [0.2, 0.25) is 0 Å². The molecule has 1 aromatic rings. The Morgan fingerprint density at radius 3 is 2.29 bits per heavy atom. The average Bonchev–Trinajstić information content (AvgIpc) is 2.28. The highest BCUT2D eigenvalue weighted by Crippen LogP contribution is 2.18. The van der Waals surface area contributed by atoms with E-state index in [1.165, 1.54) is 12.1 Å². The van der Waals surface area contributed by atoms with Crippen molar-refractivity contribution >= 4 is 0 Å². The number of nitrogens with one attached hydrogen (secondary N) is 1. The van der Waals surface area contributed by atoms with Crippen LogP contribution >= 0.6 is 0 Å². The topological polar surface area (TPSA) is 52.5 Å². The van der Waals surface area contributed by atoms with Crippen molar-refractivity contribution in [2.75, 3.05) is 6.61 Å². The van der Waals surface area contributed by atoms with Crippen LogP contribution in [0.3, 0.4) is 0 Å². The molecule has 96 valence electrons. The van der Waals surface area contributed by atoms with E-state index in [1.54, 1.807) is 12.1 Å². The maximum absolute atomic E-state index is 12.7. The van der Waals surface area contributed by atoms with Gasteiger partial charge in [-0.25, -0.2) is 4.39 Å². The average molecular weight is 241 g/mol. The minimum Gasteiger partial charge on any atom is -0.394 e. The Balaban J connectivity index is 2.69. The van der Waals surface area contributed by atoms with Gasteiger partial charge in [0.25, 0.3) is 0 Å². The zero-order chi connectivity index (χ0) is 13.1. The molecule has 0 radical (unpaired) electrons. The van der Waals surface area contributed by atoms with Crippen molar-refractivity contribution in [1.29, 1.82) is 0 Å². The highest BCUT2D eigenvalue weighted by atomic mass is 19.1. The van der Waals surface area contributed by atoms with E-state index < -0.39 is 11.6 Å². The summed E-state index contributed by atoms with van der Waals surface area (Å²) in [6.45, 7) is 5.50. The smallest absolute Gasteiger partial charge is 0.123 e. The van der Waals surface area contributed by atoms with E-state index in [0.29, 0.717) is 5.56 Å². The third-order valence-corrected chi connectivity index (χ3v) is 2.70. The maximum Gasteiger partial charge on any atom is 0.123 e. The van der Waals surface area contributed by atoms with Gasteiger partial charge in [0.05, 0.1) is 12.7 Å². The lowest BCUT2D eigenvalue weighted by Gasteiger charge is -2.31. The molecule has 2 unspecified atom stereocenters. The third kappa shape index (κ3) is 4.07. The summed E-state index contributed by atoms with van der Waals surface area (Å²) in [6, 6.07) is 5.53. The molecule has 0 fully saturated rings. The van der Waals surface area contributed by atoms with Gasteiger partial charge in [-0.1, -0.05) is 12.1 Å². The highest BCUT2D eigenvalue weighted by molar-refractivity contribution is 5.19. The number of hydrogen-bond donors (Lipinski definition) is 3. The van der Waals surface area contributed by atoms with Crippen LogP contribution in [-0.4, -0.2) is 28.4 Å². The lowest BCUT2D eigenvalue weighted by Crippen LogP contribution is -2.49. The van der Waals surface area contributed by atoms with Crippen molar-refractivity contribution in [2.45, 2.75) is 38.5 Å². The quantitative estimate of drug-likeness (QED) is 0.734. The molecule has 0 bridgehead atoms. The molecule has 3 N–H and O–H groups in total. The molecule has 0 aliphatic carbocycles. The monoisotopic (exact) mass is 241 g/mol. The second-order valence-corrected chi connectivity index (χ2v) is 4.97. The van der Waals surface area contributed by atoms with Crippen molar-refractivity contribution in [1.82, 2.24) is 5.32 Å². The maximum atomic E-state index is 12.7. The number of benzene rings is 1. The van der Waals surface area contributed by atoms with Crippen molar-refractivity contribution < 1.29 is 14.6 Å². The molecule has 0 aromatic heterocycles. The predicted octanol–water partition coefficient (Wildman–Crippen LogP) is 1.61. The second-order valence-electron chi connectivity index (χ2n) is 4.97. The first-order valence-corrected chi connectivity index (χ1v) is 5.68. The van der Waals surface area contributed by atoms with Crippen LogP contribution in [0, 0.1) is 5.82 Å². The van der Waals surface area contributed by atoms with Gasteiger partial charge in [-0.15, -0.1) is 0 Å². The fourth-order valence-electron chi connectivity index (χ4n) is 1.69. The van der Waals surface area contributed by atoms with Gasteiger partial charge in [0.1, 0.15) is 5.82 Å². The summed E-state index contributed by atoms with van der Waals surface area (Å²) in [6.07, 6.45) is -0.735. The van der Waals surface area contributed by atoms with E-state index in [2.05, 4.69) is 5.32 Å². The summed E-state index contributed by atoms with van der Waals surface area (Å²) in [4.78, 5) is 0. The Labute approximate surface area is 101 Å². The summed E-state index contributed by atoms with van der Waals surface area (Å²) in [5, 5.41) is 22.3. The van der Waals surface area contributed by atoms with Crippen molar-refractivity contribution in [3.63, 3.8) is 0 Å². The summed E-state index contributed by atoms with van der Waals surface area (Å²) >= 11 is 0. The normalized spacial score (nSPS) is 15.6. The SMILES string of the molecule is CC(NC(C)(C)CO)C(O)c1ccc(F)cc1. The van der Waals surface area contributed by atoms with Crippen LogP contribution in [0.4, 0.5) is 4.39 Å². The summed E-state index contributed by atoms with van der Waals surface area (Å²) in [7, 11) is 0. The molecule has 4 heteroatoms. The number of aliphatic hydroxyl groups excluding tert-OH is 2. The van der Waals surface area contributed by atoms with E-state index >= 15 is 0 Å². The molecule has 2 atom stereocenters. The van der Waals surface area contributed by atoms with Crippen LogP contribution in [0.1, 0.15) is 32.4 Å². The molecule has 0 aliphatic rings. The minimum absolute atomic E-state index is 0.0204. The van der Waals surface area contributed by atoms with E-state index in [1.807, 2.05) is 20.8 Å². The molecule has 1 aromatic carbocycles. The Morgan fingerprint density at radius 1 is 1.29 bits per heavy atom. The molecule has 0 saturated carbocycles. The number of halogens is 1. The van der Waals surface area contributed by atoms with Gasteiger partial charge in [-0.3, -0.25) is 0 Å². The van der Waals surface area contributed by atoms with Crippen LogP contribution in [0.25, 0.3) is 0 Å². The van der Waals surface area contributed by atoms with E-state index in [4.69, 9.17) is 5.11 Å². The first kappa shape index (κ1) is 14.1. The largest absolute Gasteiger partial charge is 0.394 e. The van der Waals surface area contributed by atoms with Crippen LogP contribution in [0.15, 0.2) is 24.3 Å². The molecular weight excluding hydrogens is 221 g/mol. The molecule has 3 nitrogen and oxygen atoms in total. The van der Waals surface area contributed by atoms with E-state index in [9.17, 15) is 9.50 Å². The van der Waals surface area contributed by atoms with Crippen molar-refractivity contribution in [2.24, 2.45) is 0 Å². The van der Waals surface area contributed by atoms with Crippen molar-refractivity contribution in [3.05, 3.63) is 35.6 Å². The number of aliphatic hydroxyl groups is 2. The molecule has 17 heavy (non-hydrogen) atoms. The molecular formula is C13H20FNO2. The molecule has 0 heterocycles. The van der Waals surface area contributed by atoms with Gasteiger partial charge in [-0.05, 0) is 38.5 Å². The lowest BCUT2D eigenvalue weighted by atomic mass is 9.99. The van der Waals surface area contributed by atoms with E-state index in [0.717, 1.165) is 0 Å². The zero-order valence-electron chi connectivity index (χ0n) is 10.4. The van der Waals surface area contributed by atoms with Crippen molar-refractivity contribution in [3.8, 4) is 0 Å². The molecule has 1 rings (SSSR count). The van der Waals surface area contributed by atoms with Gasteiger partial charge in [0.2, 0.25) is 0 Å². The number of hydrogen-bond acceptors (Lipinski definition) is 3. The number of rotatable bonds is 5. The van der Waals surface area contributed by atoms with Gasteiger partial charge in [0.15, 0.2) is 0 Å². The van der Waals surface area contributed by atoms with Gasteiger partial charge in [0, 0.05) is 11.6 Å². The molecule has 0 saturated heterocycles. The third-order valence-electron chi connectivity index (χ3n) is 2.70. The molecule has 0 aliphatic heterocycles. The summed E-state index contributed by atoms with van der Waals surface area (Å²) < 4.78 is 12.7. The van der Waals surface area contributed by atoms with Gasteiger partial charge in [-0.2, -0.15) is 0 Å². The predicted molar refractivity (Wildman–Crippen MR) is 65.1 cm³/mol. The molecule has 0 spiro atoms. The first-order valence-electron chi connectivity index (χ1n) is 5.68. The van der Waals surface area contributed by atoms with Crippen LogP contribution in [0.5, 0.6) is 0 Å². The first-order chi connectivity index (χ1) is 7.85. The minimum atomic E-state index is -0.735. The fraction of sp³-hybridized carbons (Fsp3) is 0.538. The second kappa shape index (κ2) is 5.58. The van der Waals surface area contributed by atoms with Crippen LogP contribution < -0.4 is 5.32 Å². The fourth-order valence-corrected chi connectivity index (χ4v) is 1.69.